The van der Waals surface area contributed by atoms with Crippen molar-refractivity contribution in [1.82, 2.24) is 10.2 Å². The predicted molar refractivity (Wildman–Crippen MR) is 166 cm³/mol. The Kier molecular flexibility index (Phi) is 11.0. The lowest BCUT2D eigenvalue weighted by Gasteiger charge is -2.35. The van der Waals surface area contributed by atoms with E-state index < -0.39 is 51.7 Å². The van der Waals surface area contributed by atoms with Crippen molar-refractivity contribution in [3.05, 3.63) is 93.5 Å². The zero-order valence-electron chi connectivity index (χ0n) is 24.9. The van der Waals surface area contributed by atoms with Crippen molar-refractivity contribution in [3.8, 4) is 0 Å². The van der Waals surface area contributed by atoms with Crippen LogP contribution in [-0.4, -0.2) is 43.3 Å². The van der Waals surface area contributed by atoms with Crippen molar-refractivity contribution < 1.29 is 31.2 Å². The molecule has 1 N–H and O–H groups in total. The maximum Gasteiger partial charge on any atom is 0.416 e. The first-order valence-electron chi connectivity index (χ1n) is 13.7. The summed E-state index contributed by atoms with van der Waals surface area (Å²) in [5, 5.41) is 3.26. The standard InChI is InChI=1S/C31H34Cl2F3N3O4S/c1-6-27(29(41)37-30(3,4)5)38(18-24-25(32)11-8-12-26(24)33)28(40)19-39(22-10-7-9-21(17-22)31(34,35)36)44(42,43)23-15-13-20(2)14-16-23/h7-17,27H,6,18-19H2,1-5H3,(H,37,41)/t27-/m0/s1. The lowest BCUT2D eigenvalue weighted by atomic mass is 10.1. The zero-order valence-corrected chi connectivity index (χ0v) is 27.2. The van der Waals surface area contributed by atoms with Gasteiger partial charge in [-0.25, -0.2) is 8.42 Å². The van der Waals surface area contributed by atoms with E-state index in [2.05, 4.69) is 5.32 Å². The molecule has 0 saturated heterocycles. The molecule has 0 aromatic heterocycles. The third-order valence-corrected chi connectivity index (χ3v) is 9.12. The second kappa shape index (κ2) is 13.8. The molecule has 0 spiro atoms. The number of hydrogen-bond donors (Lipinski definition) is 1. The summed E-state index contributed by atoms with van der Waals surface area (Å²) in [5.74, 6) is -1.37. The van der Waals surface area contributed by atoms with Crippen LogP contribution in [0.4, 0.5) is 18.9 Å². The minimum Gasteiger partial charge on any atom is -0.350 e. The molecule has 3 aromatic carbocycles. The highest BCUT2D eigenvalue weighted by Crippen LogP contribution is 2.34. The molecule has 0 unspecified atom stereocenters. The van der Waals surface area contributed by atoms with E-state index in [0.717, 1.165) is 22.6 Å². The van der Waals surface area contributed by atoms with E-state index >= 15 is 0 Å². The van der Waals surface area contributed by atoms with Crippen LogP contribution in [0, 0.1) is 6.92 Å². The molecule has 44 heavy (non-hydrogen) atoms. The van der Waals surface area contributed by atoms with Gasteiger partial charge in [0, 0.05) is 27.7 Å². The highest BCUT2D eigenvalue weighted by molar-refractivity contribution is 7.92. The van der Waals surface area contributed by atoms with Crippen molar-refractivity contribution in [2.75, 3.05) is 10.8 Å². The molecule has 13 heteroatoms. The Bertz CT molecular complexity index is 1590. The number of alkyl halides is 3. The molecule has 0 saturated carbocycles. The van der Waals surface area contributed by atoms with Gasteiger partial charge in [-0.15, -0.1) is 0 Å². The maximum atomic E-state index is 14.2. The number of anilines is 1. The summed E-state index contributed by atoms with van der Waals surface area (Å²) in [7, 11) is -4.57. The average molecular weight is 673 g/mol. The summed E-state index contributed by atoms with van der Waals surface area (Å²) < 4.78 is 69.5. The highest BCUT2D eigenvalue weighted by Gasteiger charge is 2.37. The van der Waals surface area contributed by atoms with E-state index in [4.69, 9.17) is 23.2 Å². The molecule has 2 amide bonds. The lowest BCUT2D eigenvalue weighted by molar-refractivity contribution is -0.141. The van der Waals surface area contributed by atoms with E-state index in [9.17, 15) is 31.2 Å². The average Bonchev–Trinajstić information content (AvgIpc) is 2.91. The summed E-state index contributed by atoms with van der Waals surface area (Å²) in [6.07, 6.45) is -4.64. The van der Waals surface area contributed by atoms with Crippen molar-refractivity contribution >= 4 is 50.7 Å². The van der Waals surface area contributed by atoms with Gasteiger partial charge in [0.2, 0.25) is 11.8 Å². The third kappa shape index (κ3) is 8.67. The van der Waals surface area contributed by atoms with E-state index in [1.165, 1.54) is 30.3 Å². The summed E-state index contributed by atoms with van der Waals surface area (Å²) in [6, 6.07) is 13.0. The first kappa shape index (κ1) is 35.2. The van der Waals surface area contributed by atoms with Crippen LogP contribution in [0.3, 0.4) is 0 Å². The van der Waals surface area contributed by atoms with Gasteiger partial charge in [-0.1, -0.05) is 60.0 Å². The molecular weight excluding hydrogens is 638 g/mol. The van der Waals surface area contributed by atoms with Gasteiger partial charge >= 0.3 is 6.18 Å². The number of carbonyl (C=O) groups excluding carboxylic acids is 2. The Labute approximate surface area is 266 Å². The number of halogens is 5. The van der Waals surface area contributed by atoms with Gasteiger partial charge in [-0.2, -0.15) is 13.2 Å². The van der Waals surface area contributed by atoms with Gasteiger partial charge in [0.1, 0.15) is 12.6 Å². The van der Waals surface area contributed by atoms with Crippen molar-refractivity contribution in [3.63, 3.8) is 0 Å². The predicted octanol–water partition coefficient (Wildman–Crippen LogP) is 7.24. The third-order valence-electron chi connectivity index (χ3n) is 6.62. The summed E-state index contributed by atoms with van der Waals surface area (Å²) in [6.45, 7) is 7.52. The lowest BCUT2D eigenvalue weighted by Crippen LogP contribution is -2.55. The Morgan fingerprint density at radius 1 is 0.932 bits per heavy atom. The van der Waals surface area contributed by atoms with Crippen LogP contribution in [0.2, 0.25) is 10.0 Å². The summed E-state index contributed by atoms with van der Waals surface area (Å²) >= 11 is 12.8. The van der Waals surface area contributed by atoms with Gasteiger partial charge < -0.3 is 10.2 Å². The number of nitrogens with zero attached hydrogens (tertiary/aromatic N) is 2. The first-order chi connectivity index (χ1) is 20.3. The van der Waals surface area contributed by atoms with Crippen molar-refractivity contribution in [1.29, 1.82) is 0 Å². The second-order valence-corrected chi connectivity index (χ2v) is 13.9. The molecule has 0 radical (unpaired) electrons. The first-order valence-corrected chi connectivity index (χ1v) is 15.9. The summed E-state index contributed by atoms with van der Waals surface area (Å²) in [4.78, 5) is 28.5. The zero-order chi connectivity index (χ0) is 33.0. The van der Waals surface area contributed by atoms with Crippen LogP contribution in [0.15, 0.2) is 71.6 Å². The molecule has 0 heterocycles. The Balaban J connectivity index is 2.17. The molecule has 0 aliphatic heterocycles. The molecule has 0 aliphatic rings. The molecular formula is C31H34Cl2F3N3O4S. The monoisotopic (exact) mass is 671 g/mol. The van der Waals surface area contributed by atoms with Crippen LogP contribution >= 0.6 is 23.2 Å². The van der Waals surface area contributed by atoms with E-state index in [1.807, 2.05) is 0 Å². The van der Waals surface area contributed by atoms with Crippen LogP contribution in [0.5, 0.6) is 0 Å². The molecule has 3 rings (SSSR count). The van der Waals surface area contributed by atoms with Gasteiger partial charge in [-0.3, -0.25) is 13.9 Å². The number of rotatable bonds is 10. The molecule has 238 valence electrons. The number of benzene rings is 3. The summed E-state index contributed by atoms with van der Waals surface area (Å²) in [5.41, 5.74) is -1.07. The normalized spacial score (nSPS) is 12.9. The number of nitrogens with one attached hydrogen (secondary N) is 1. The Hall–Kier alpha value is -3.28. The van der Waals surface area contributed by atoms with Gasteiger partial charge in [-0.05, 0) is 76.6 Å². The maximum absolute atomic E-state index is 14.2. The highest BCUT2D eigenvalue weighted by atomic mass is 35.5. The second-order valence-electron chi connectivity index (χ2n) is 11.3. The SMILES string of the molecule is CC[C@@H](C(=O)NC(C)(C)C)N(Cc1c(Cl)cccc1Cl)C(=O)CN(c1cccc(C(F)(F)F)c1)S(=O)(=O)c1ccc(C)cc1. The molecule has 0 aliphatic carbocycles. The topological polar surface area (TPSA) is 86.8 Å². The van der Waals surface area contributed by atoms with Crippen LogP contribution < -0.4 is 9.62 Å². The quantitative estimate of drug-likeness (QED) is 0.246. The Morgan fingerprint density at radius 3 is 2.02 bits per heavy atom. The van der Waals surface area contributed by atoms with Gasteiger partial charge in [0.25, 0.3) is 10.0 Å². The van der Waals surface area contributed by atoms with Crippen LogP contribution in [0.1, 0.15) is 50.8 Å². The number of sulfonamides is 1. The van der Waals surface area contributed by atoms with Gasteiger partial charge in [0.15, 0.2) is 0 Å². The Morgan fingerprint density at radius 2 is 1.50 bits per heavy atom. The van der Waals surface area contributed by atoms with E-state index in [-0.39, 0.29) is 33.6 Å². The molecule has 3 aromatic rings. The molecule has 0 fully saturated rings. The molecule has 0 bridgehead atoms. The largest absolute Gasteiger partial charge is 0.416 e. The number of carbonyl (C=O) groups is 2. The smallest absolute Gasteiger partial charge is 0.350 e. The molecule has 7 nitrogen and oxygen atoms in total. The van der Waals surface area contributed by atoms with Crippen LogP contribution in [-0.2, 0) is 32.3 Å². The minimum atomic E-state index is -4.77. The van der Waals surface area contributed by atoms with E-state index in [1.54, 1.807) is 52.8 Å². The number of amides is 2. The van der Waals surface area contributed by atoms with Gasteiger partial charge in [0.05, 0.1) is 16.1 Å². The van der Waals surface area contributed by atoms with E-state index in [0.29, 0.717) is 15.9 Å². The fraction of sp³-hybridized carbons (Fsp3) is 0.355. The van der Waals surface area contributed by atoms with Crippen molar-refractivity contribution in [2.45, 2.75) is 70.2 Å². The minimum absolute atomic E-state index is 0.129. The number of hydrogen-bond acceptors (Lipinski definition) is 4. The van der Waals surface area contributed by atoms with Crippen LogP contribution in [0.25, 0.3) is 0 Å². The molecule has 1 atom stereocenters. The fourth-order valence-electron chi connectivity index (χ4n) is 4.43. The fourth-order valence-corrected chi connectivity index (χ4v) is 6.35. The van der Waals surface area contributed by atoms with Crippen molar-refractivity contribution in [2.24, 2.45) is 0 Å². The number of aryl methyl sites for hydroxylation is 1.